The molecule has 0 spiro atoms. The lowest BCUT2D eigenvalue weighted by atomic mass is 10.0. The molecule has 1 aromatic heterocycles. The van der Waals surface area contributed by atoms with Crippen LogP contribution in [0.25, 0.3) is 0 Å². The predicted molar refractivity (Wildman–Crippen MR) is 76.3 cm³/mol. The summed E-state index contributed by atoms with van der Waals surface area (Å²) in [5.41, 5.74) is 0. The Morgan fingerprint density at radius 2 is 2.39 bits per heavy atom. The van der Waals surface area contributed by atoms with Crippen molar-refractivity contribution in [2.24, 2.45) is 5.92 Å². The average molecular weight is 378 g/mol. The van der Waals surface area contributed by atoms with Crippen LogP contribution in [0.1, 0.15) is 19.3 Å². The summed E-state index contributed by atoms with van der Waals surface area (Å²) < 4.78 is 1.16. The van der Waals surface area contributed by atoms with Gasteiger partial charge in [-0.05, 0) is 63.7 Å². The van der Waals surface area contributed by atoms with Crippen molar-refractivity contribution < 1.29 is 4.79 Å². The minimum atomic E-state index is -0.0146. The summed E-state index contributed by atoms with van der Waals surface area (Å²) in [5, 5.41) is 6.06. The highest BCUT2D eigenvalue weighted by Crippen LogP contribution is 2.20. The third kappa shape index (κ3) is 4.00. The van der Waals surface area contributed by atoms with Gasteiger partial charge in [0.15, 0.2) is 5.82 Å². The van der Waals surface area contributed by atoms with Crippen LogP contribution >= 0.6 is 31.9 Å². The molecule has 0 saturated carbocycles. The molecule has 18 heavy (non-hydrogen) atoms. The van der Waals surface area contributed by atoms with Crippen molar-refractivity contribution in [2.75, 3.05) is 18.4 Å². The molecule has 1 amide bonds. The second-order valence-corrected chi connectivity index (χ2v) is 5.84. The Labute approximate surface area is 122 Å². The number of carbonyl (C=O) groups excluding carboxylic acids is 1. The van der Waals surface area contributed by atoms with E-state index in [-0.39, 0.29) is 5.91 Å². The highest BCUT2D eigenvalue weighted by molar-refractivity contribution is 9.11. The number of aromatic nitrogens is 2. The zero-order valence-corrected chi connectivity index (χ0v) is 12.9. The van der Waals surface area contributed by atoms with Gasteiger partial charge in [0.2, 0.25) is 5.91 Å². The number of amides is 1. The molecule has 1 aromatic rings. The molecule has 1 atom stereocenters. The maximum absolute atomic E-state index is 11.8. The molecule has 0 radical (unpaired) electrons. The van der Waals surface area contributed by atoms with Crippen molar-refractivity contribution in [3.05, 3.63) is 15.4 Å². The SMILES string of the molecule is O=C(CCC1CCNC1)Nc1ncc(Br)nc1Br. The van der Waals surface area contributed by atoms with Gasteiger partial charge in [0.1, 0.15) is 9.21 Å². The first-order valence-electron chi connectivity index (χ1n) is 5.84. The van der Waals surface area contributed by atoms with Crippen LogP contribution in [0.4, 0.5) is 5.82 Å². The van der Waals surface area contributed by atoms with Crippen LogP contribution in [0, 0.1) is 5.92 Å². The molecule has 2 heterocycles. The molecule has 98 valence electrons. The van der Waals surface area contributed by atoms with Crippen molar-refractivity contribution in [1.82, 2.24) is 15.3 Å². The Morgan fingerprint density at radius 3 is 3.06 bits per heavy atom. The highest BCUT2D eigenvalue weighted by Gasteiger charge is 2.16. The molecule has 0 aliphatic carbocycles. The van der Waals surface area contributed by atoms with Crippen molar-refractivity contribution in [3.63, 3.8) is 0 Å². The fourth-order valence-electron chi connectivity index (χ4n) is 1.92. The quantitative estimate of drug-likeness (QED) is 0.844. The molecular formula is C11H14Br2N4O. The predicted octanol–water partition coefficient (Wildman–Crippen LogP) is 2.33. The molecule has 7 heteroatoms. The zero-order valence-electron chi connectivity index (χ0n) is 9.75. The number of anilines is 1. The van der Waals surface area contributed by atoms with Crippen LogP contribution in [0.3, 0.4) is 0 Å². The van der Waals surface area contributed by atoms with Gasteiger partial charge in [-0.2, -0.15) is 0 Å². The molecule has 2 rings (SSSR count). The molecular weight excluding hydrogens is 364 g/mol. The van der Waals surface area contributed by atoms with Crippen LogP contribution < -0.4 is 10.6 Å². The van der Waals surface area contributed by atoms with Crippen LogP contribution in [0.5, 0.6) is 0 Å². The number of hydrogen-bond acceptors (Lipinski definition) is 4. The van der Waals surface area contributed by atoms with Gasteiger partial charge in [0.05, 0.1) is 6.20 Å². The van der Waals surface area contributed by atoms with Gasteiger partial charge in [-0.1, -0.05) is 0 Å². The first kappa shape index (κ1) is 13.9. The number of carbonyl (C=O) groups is 1. The lowest BCUT2D eigenvalue weighted by molar-refractivity contribution is -0.116. The van der Waals surface area contributed by atoms with Crippen molar-refractivity contribution >= 4 is 43.6 Å². The summed E-state index contributed by atoms with van der Waals surface area (Å²) in [6.07, 6.45) is 4.16. The van der Waals surface area contributed by atoms with E-state index in [4.69, 9.17) is 0 Å². The van der Waals surface area contributed by atoms with Gasteiger partial charge in [-0.15, -0.1) is 0 Å². The van der Waals surface area contributed by atoms with E-state index in [9.17, 15) is 4.79 Å². The van der Waals surface area contributed by atoms with Gasteiger partial charge in [0, 0.05) is 6.42 Å². The maximum Gasteiger partial charge on any atom is 0.225 e. The Hall–Kier alpha value is -0.530. The minimum absolute atomic E-state index is 0.0146. The van der Waals surface area contributed by atoms with Gasteiger partial charge in [-0.3, -0.25) is 4.79 Å². The topological polar surface area (TPSA) is 66.9 Å². The largest absolute Gasteiger partial charge is 0.316 e. The van der Waals surface area contributed by atoms with Crippen LogP contribution in [0.15, 0.2) is 15.4 Å². The fourth-order valence-corrected chi connectivity index (χ4v) is 2.83. The molecule has 0 aromatic carbocycles. The van der Waals surface area contributed by atoms with Crippen LogP contribution in [-0.4, -0.2) is 29.0 Å². The van der Waals surface area contributed by atoms with Gasteiger partial charge < -0.3 is 10.6 Å². The number of hydrogen-bond donors (Lipinski definition) is 2. The maximum atomic E-state index is 11.8. The lowest BCUT2D eigenvalue weighted by Crippen LogP contribution is -2.16. The number of halogens is 2. The van der Waals surface area contributed by atoms with E-state index in [1.165, 1.54) is 0 Å². The lowest BCUT2D eigenvalue weighted by Gasteiger charge is -2.08. The summed E-state index contributed by atoms with van der Waals surface area (Å²) >= 11 is 6.48. The molecule has 1 fully saturated rings. The summed E-state index contributed by atoms with van der Waals surface area (Å²) in [4.78, 5) is 20.0. The van der Waals surface area contributed by atoms with E-state index >= 15 is 0 Å². The molecule has 0 bridgehead atoms. The second kappa shape index (κ2) is 6.58. The first-order chi connectivity index (χ1) is 8.65. The average Bonchev–Trinajstić information content (AvgIpc) is 2.83. The van der Waals surface area contributed by atoms with E-state index in [2.05, 4.69) is 52.5 Å². The molecule has 1 saturated heterocycles. The van der Waals surface area contributed by atoms with Crippen molar-refractivity contribution in [3.8, 4) is 0 Å². The first-order valence-corrected chi connectivity index (χ1v) is 7.42. The Kier molecular flexibility index (Phi) is 5.08. The molecule has 2 N–H and O–H groups in total. The third-order valence-electron chi connectivity index (χ3n) is 2.90. The van der Waals surface area contributed by atoms with Gasteiger partial charge >= 0.3 is 0 Å². The molecule has 1 aliphatic heterocycles. The van der Waals surface area contributed by atoms with Gasteiger partial charge in [0.25, 0.3) is 0 Å². The number of nitrogens with one attached hydrogen (secondary N) is 2. The van der Waals surface area contributed by atoms with Crippen molar-refractivity contribution in [2.45, 2.75) is 19.3 Å². The van der Waals surface area contributed by atoms with Crippen LogP contribution in [-0.2, 0) is 4.79 Å². The third-order valence-corrected chi connectivity index (χ3v) is 3.84. The Bertz CT molecular complexity index is 435. The van der Waals surface area contributed by atoms with E-state index in [0.717, 1.165) is 25.9 Å². The van der Waals surface area contributed by atoms with E-state index in [1.54, 1.807) is 6.20 Å². The summed E-state index contributed by atoms with van der Waals surface area (Å²) in [6, 6.07) is 0. The molecule has 1 unspecified atom stereocenters. The second-order valence-electron chi connectivity index (χ2n) is 4.28. The molecule has 1 aliphatic rings. The van der Waals surface area contributed by atoms with Crippen molar-refractivity contribution in [1.29, 1.82) is 0 Å². The van der Waals surface area contributed by atoms with Crippen LogP contribution in [0.2, 0.25) is 0 Å². The molecule has 5 nitrogen and oxygen atoms in total. The summed E-state index contributed by atoms with van der Waals surface area (Å²) in [5.74, 6) is 1.07. The Morgan fingerprint density at radius 1 is 1.56 bits per heavy atom. The van der Waals surface area contributed by atoms with E-state index in [1.807, 2.05) is 0 Å². The minimum Gasteiger partial charge on any atom is -0.316 e. The number of rotatable bonds is 4. The standard InChI is InChI=1S/C11H14Br2N4O/c12-8-6-15-11(10(13)16-8)17-9(18)2-1-7-3-4-14-5-7/h6-7,14H,1-5H2,(H,15,17,18). The normalized spacial score (nSPS) is 18.9. The highest BCUT2D eigenvalue weighted by atomic mass is 79.9. The van der Waals surface area contributed by atoms with Gasteiger partial charge in [-0.25, -0.2) is 9.97 Å². The Balaban J connectivity index is 1.82. The summed E-state index contributed by atoms with van der Waals surface area (Å²) in [6.45, 7) is 2.09. The fraction of sp³-hybridized carbons (Fsp3) is 0.545. The smallest absolute Gasteiger partial charge is 0.225 e. The monoisotopic (exact) mass is 376 g/mol. The number of nitrogens with zero attached hydrogens (tertiary/aromatic N) is 2. The van der Waals surface area contributed by atoms with E-state index < -0.39 is 0 Å². The zero-order chi connectivity index (χ0) is 13.0. The van der Waals surface area contributed by atoms with E-state index in [0.29, 0.717) is 27.4 Å². The summed E-state index contributed by atoms with van der Waals surface area (Å²) in [7, 11) is 0.